The molecule has 1 aromatic heterocycles. The number of carbonyl (C=O) groups is 1. The maximum absolute atomic E-state index is 11.3. The molecule has 0 fully saturated rings. The van der Waals surface area contributed by atoms with E-state index in [4.69, 9.17) is 0 Å². The van der Waals surface area contributed by atoms with E-state index in [-0.39, 0.29) is 11.6 Å². The Labute approximate surface area is 71.3 Å². The molecule has 1 heterocycles. The van der Waals surface area contributed by atoms with Crippen LogP contribution in [0, 0.1) is 0 Å². The lowest BCUT2D eigenvalue weighted by Crippen LogP contribution is -2.23. The van der Waals surface area contributed by atoms with Crippen LogP contribution in [0.3, 0.4) is 0 Å². The first-order chi connectivity index (χ1) is 5.70. The number of aromatic nitrogens is 2. The molecule has 0 saturated heterocycles. The number of hydrogen-bond acceptors (Lipinski definition) is 4. The van der Waals surface area contributed by atoms with Crippen molar-refractivity contribution in [1.29, 1.82) is 0 Å². The van der Waals surface area contributed by atoms with Gasteiger partial charge in [-0.25, -0.2) is 9.97 Å². The molecule has 0 N–H and O–H groups in total. The minimum Gasteiger partial charge on any atom is -0.302 e. The summed E-state index contributed by atoms with van der Waals surface area (Å²) in [4.78, 5) is 20.8. The van der Waals surface area contributed by atoms with Gasteiger partial charge >= 0.3 is 0 Å². The summed E-state index contributed by atoms with van der Waals surface area (Å²) >= 11 is 0. The summed E-state index contributed by atoms with van der Waals surface area (Å²) in [5.74, 6) is 0.229. The molecule has 4 nitrogen and oxygen atoms in total. The van der Waals surface area contributed by atoms with E-state index < -0.39 is 0 Å². The van der Waals surface area contributed by atoms with Crippen LogP contribution in [0.4, 0.5) is 0 Å². The molecule has 0 aliphatic carbocycles. The molecular weight excluding hydrogens is 154 g/mol. The molecule has 0 aliphatic heterocycles. The van der Waals surface area contributed by atoms with Gasteiger partial charge in [-0.05, 0) is 20.2 Å². The van der Waals surface area contributed by atoms with E-state index in [1.54, 1.807) is 23.4 Å². The van der Waals surface area contributed by atoms with E-state index in [2.05, 4.69) is 9.97 Å². The Hall–Kier alpha value is -1.29. The highest BCUT2D eigenvalue weighted by Gasteiger charge is 2.08. The summed E-state index contributed by atoms with van der Waals surface area (Å²) in [7, 11) is 3.67. The van der Waals surface area contributed by atoms with Crippen LogP contribution < -0.4 is 0 Å². The van der Waals surface area contributed by atoms with Crippen LogP contribution in [-0.4, -0.2) is 41.3 Å². The van der Waals surface area contributed by atoms with Crippen LogP contribution in [0.25, 0.3) is 0 Å². The zero-order chi connectivity index (χ0) is 8.97. The van der Waals surface area contributed by atoms with Gasteiger partial charge < -0.3 is 4.90 Å². The van der Waals surface area contributed by atoms with E-state index in [1.807, 2.05) is 14.1 Å². The molecule has 0 aliphatic rings. The third-order valence-electron chi connectivity index (χ3n) is 1.28. The van der Waals surface area contributed by atoms with Crippen LogP contribution in [0.15, 0.2) is 18.5 Å². The first kappa shape index (κ1) is 8.80. The van der Waals surface area contributed by atoms with Crippen molar-refractivity contribution >= 4 is 5.78 Å². The Balaban J connectivity index is 2.66. The Morgan fingerprint density at radius 3 is 2.50 bits per heavy atom. The lowest BCUT2D eigenvalue weighted by atomic mass is 10.3. The van der Waals surface area contributed by atoms with E-state index in [1.165, 1.54) is 0 Å². The highest BCUT2D eigenvalue weighted by Crippen LogP contribution is 1.90. The van der Waals surface area contributed by atoms with Crippen molar-refractivity contribution in [1.82, 2.24) is 14.9 Å². The molecule has 0 aromatic carbocycles. The van der Waals surface area contributed by atoms with Gasteiger partial charge in [0, 0.05) is 12.4 Å². The fraction of sp³-hybridized carbons (Fsp3) is 0.375. The van der Waals surface area contributed by atoms with E-state index in [9.17, 15) is 4.79 Å². The van der Waals surface area contributed by atoms with Gasteiger partial charge in [-0.2, -0.15) is 0 Å². The predicted octanol–water partition coefficient (Wildman–Crippen LogP) is 0.221. The normalized spacial score (nSPS) is 10.2. The number of carbonyl (C=O) groups excluding carboxylic acids is 1. The summed E-state index contributed by atoms with van der Waals surface area (Å²) in [5.41, 5.74) is 0. The second-order valence-corrected chi connectivity index (χ2v) is 2.73. The van der Waals surface area contributed by atoms with Crippen LogP contribution in [0.2, 0.25) is 0 Å². The lowest BCUT2D eigenvalue weighted by molar-refractivity contribution is 0.0947. The molecule has 4 heteroatoms. The minimum atomic E-state index is -0.0550. The number of likely N-dealkylation sites (N-methyl/N-ethyl adjacent to an activating group) is 1. The Bertz CT molecular complexity index is 258. The monoisotopic (exact) mass is 165 g/mol. The quantitative estimate of drug-likeness (QED) is 0.601. The number of rotatable bonds is 3. The SMILES string of the molecule is CN(C)CC(=O)c1ncccn1. The number of hydrogen-bond donors (Lipinski definition) is 0. The van der Waals surface area contributed by atoms with Gasteiger partial charge in [-0.1, -0.05) is 0 Å². The maximum Gasteiger partial charge on any atom is 0.213 e. The number of ketones is 1. The summed E-state index contributed by atoms with van der Waals surface area (Å²) < 4.78 is 0. The van der Waals surface area contributed by atoms with Gasteiger partial charge in [0.2, 0.25) is 5.78 Å². The van der Waals surface area contributed by atoms with Crippen molar-refractivity contribution in [2.24, 2.45) is 0 Å². The standard InChI is InChI=1S/C8H11N3O/c1-11(2)6-7(12)8-9-4-3-5-10-8/h3-5H,6H2,1-2H3. The molecule has 0 atom stereocenters. The van der Waals surface area contributed by atoms with Gasteiger partial charge in [0.15, 0.2) is 5.82 Å². The zero-order valence-electron chi connectivity index (χ0n) is 7.19. The lowest BCUT2D eigenvalue weighted by Gasteiger charge is -2.06. The molecule has 0 spiro atoms. The molecule has 0 radical (unpaired) electrons. The number of nitrogens with zero attached hydrogens (tertiary/aromatic N) is 3. The van der Waals surface area contributed by atoms with Gasteiger partial charge in [-0.15, -0.1) is 0 Å². The fourth-order valence-corrected chi connectivity index (χ4v) is 0.801. The molecule has 0 amide bonds. The minimum absolute atomic E-state index is 0.0550. The zero-order valence-corrected chi connectivity index (χ0v) is 7.19. The molecule has 0 bridgehead atoms. The average Bonchev–Trinajstić information content (AvgIpc) is 2.05. The van der Waals surface area contributed by atoms with Gasteiger partial charge in [-0.3, -0.25) is 4.79 Å². The molecular formula is C8H11N3O. The first-order valence-corrected chi connectivity index (χ1v) is 3.65. The Morgan fingerprint density at radius 2 is 2.00 bits per heavy atom. The smallest absolute Gasteiger partial charge is 0.213 e. The Kier molecular flexibility index (Phi) is 2.88. The second kappa shape index (κ2) is 3.92. The summed E-state index contributed by atoms with van der Waals surface area (Å²) in [6.45, 7) is 0.351. The second-order valence-electron chi connectivity index (χ2n) is 2.73. The highest BCUT2D eigenvalue weighted by atomic mass is 16.1. The first-order valence-electron chi connectivity index (χ1n) is 3.65. The highest BCUT2D eigenvalue weighted by molar-refractivity contribution is 5.93. The topological polar surface area (TPSA) is 46.1 Å². The molecule has 0 unspecified atom stereocenters. The fourth-order valence-electron chi connectivity index (χ4n) is 0.801. The van der Waals surface area contributed by atoms with Crippen molar-refractivity contribution < 1.29 is 4.79 Å². The third kappa shape index (κ3) is 2.39. The van der Waals surface area contributed by atoms with Crippen LogP contribution >= 0.6 is 0 Å². The summed E-state index contributed by atoms with van der Waals surface area (Å²) in [5, 5.41) is 0. The van der Waals surface area contributed by atoms with E-state index in [0.717, 1.165) is 0 Å². The molecule has 64 valence electrons. The largest absolute Gasteiger partial charge is 0.302 e. The molecule has 1 rings (SSSR count). The Morgan fingerprint density at radius 1 is 1.42 bits per heavy atom. The van der Waals surface area contributed by atoms with Crippen molar-refractivity contribution in [2.75, 3.05) is 20.6 Å². The van der Waals surface area contributed by atoms with Crippen LogP contribution in [-0.2, 0) is 0 Å². The van der Waals surface area contributed by atoms with Crippen molar-refractivity contribution in [3.05, 3.63) is 24.3 Å². The van der Waals surface area contributed by atoms with Crippen molar-refractivity contribution in [3.8, 4) is 0 Å². The van der Waals surface area contributed by atoms with E-state index >= 15 is 0 Å². The van der Waals surface area contributed by atoms with Gasteiger partial charge in [0.25, 0.3) is 0 Å². The van der Waals surface area contributed by atoms with Crippen molar-refractivity contribution in [3.63, 3.8) is 0 Å². The summed E-state index contributed by atoms with van der Waals surface area (Å²) in [6.07, 6.45) is 3.13. The average molecular weight is 165 g/mol. The van der Waals surface area contributed by atoms with Crippen LogP contribution in [0.5, 0.6) is 0 Å². The molecule has 12 heavy (non-hydrogen) atoms. The van der Waals surface area contributed by atoms with Crippen molar-refractivity contribution in [2.45, 2.75) is 0 Å². The summed E-state index contributed by atoms with van der Waals surface area (Å²) in [6, 6.07) is 1.69. The van der Waals surface area contributed by atoms with Gasteiger partial charge in [0.1, 0.15) is 0 Å². The number of Topliss-reactive ketones (excluding diaryl/α,β-unsaturated/α-hetero) is 1. The molecule has 0 saturated carbocycles. The van der Waals surface area contributed by atoms with E-state index in [0.29, 0.717) is 6.54 Å². The van der Waals surface area contributed by atoms with Gasteiger partial charge in [0.05, 0.1) is 6.54 Å². The maximum atomic E-state index is 11.3. The van der Waals surface area contributed by atoms with Crippen LogP contribution in [0.1, 0.15) is 10.6 Å². The predicted molar refractivity (Wildman–Crippen MR) is 44.9 cm³/mol. The molecule has 1 aromatic rings. The third-order valence-corrected chi connectivity index (χ3v) is 1.28.